The second-order valence-electron chi connectivity index (χ2n) is 7.71. The molecule has 1 aliphatic carbocycles. The molecule has 0 aromatic carbocycles. The molecule has 1 aromatic rings. The monoisotopic (exact) mass is 355 g/mol. The number of hydrogen-bond donors (Lipinski definition) is 1. The van der Waals surface area contributed by atoms with Gasteiger partial charge in [0.1, 0.15) is 5.69 Å². The highest BCUT2D eigenvalue weighted by atomic mass is 16.2. The van der Waals surface area contributed by atoms with E-state index in [-0.39, 0.29) is 5.91 Å². The topological polar surface area (TPSA) is 61.4 Å². The summed E-state index contributed by atoms with van der Waals surface area (Å²) in [6.07, 6.45) is 11.3. The highest BCUT2D eigenvalue weighted by Gasteiger charge is 2.30. The van der Waals surface area contributed by atoms with E-state index < -0.39 is 0 Å². The molecule has 1 aromatic heterocycles. The highest BCUT2D eigenvalue weighted by molar-refractivity contribution is 5.94. The van der Waals surface area contributed by atoms with Crippen molar-refractivity contribution in [3.05, 3.63) is 29.1 Å². The number of aromatic nitrogens is 2. The zero-order valence-corrected chi connectivity index (χ0v) is 15.7. The molecule has 0 bridgehead atoms. The maximum atomic E-state index is 13.1. The number of carbonyl (C=O) groups is 1. The molecule has 0 spiro atoms. The number of nitrogens with one attached hydrogen (secondary N) is 1. The molecule has 1 amide bonds. The number of fused-ring (bicyclic) bond motifs is 1. The van der Waals surface area contributed by atoms with Crippen LogP contribution in [0.2, 0.25) is 0 Å². The first-order valence-electron chi connectivity index (χ1n) is 9.98. The van der Waals surface area contributed by atoms with Crippen molar-refractivity contribution in [2.45, 2.75) is 45.1 Å². The number of likely N-dealkylation sites (tertiary alicyclic amines) is 1. The lowest BCUT2D eigenvalue weighted by atomic mass is 9.93. The van der Waals surface area contributed by atoms with E-state index in [0.717, 1.165) is 69.2 Å². The number of amides is 1. The molecule has 6 nitrogen and oxygen atoms in total. The molecule has 1 fully saturated rings. The van der Waals surface area contributed by atoms with Gasteiger partial charge in [0.2, 0.25) is 5.95 Å². The second kappa shape index (κ2) is 7.74. The van der Waals surface area contributed by atoms with Gasteiger partial charge < -0.3 is 10.2 Å². The van der Waals surface area contributed by atoms with Gasteiger partial charge in [-0.25, -0.2) is 9.97 Å². The summed E-state index contributed by atoms with van der Waals surface area (Å²) in [4.78, 5) is 26.7. The summed E-state index contributed by atoms with van der Waals surface area (Å²) >= 11 is 0. The molecule has 0 unspecified atom stereocenters. The van der Waals surface area contributed by atoms with Crippen molar-refractivity contribution >= 4 is 11.9 Å². The SMILES string of the molecule is CNc1nc2c(c(C(=O)N3CCCC3)n1)CN(C[C@H]1CC=CCC1)CC2. The Morgan fingerprint density at radius 1 is 1.23 bits per heavy atom. The second-order valence-corrected chi connectivity index (χ2v) is 7.71. The molecule has 26 heavy (non-hydrogen) atoms. The van der Waals surface area contributed by atoms with Crippen LogP contribution in [0, 0.1) is 5.92 Å². The van der Waals surface area contributed by atoms with Crippen molar-refractivity contribution < 1.29 is 4.79 Å². The molecule has 1 N–H and O–H groups in total. The van der Waals surface area contributed by atoms with Crippen LogP contribution in [0.25, 0.3) is 0 Å². The minimum atomic E-state index is 0.0834. The van der Waals surface area contributed by atoms with Gasteiger partial charge in [-0.3, -0.25) is 9.69 Å². The fraction of sp³-hybridized carbons (Fsp3) is 0.650. The summed E-state index contributed by atoms with van der Waals surface area (Å²) in [7, 11) is 1.82. The number of allylic oxidation sites excluding steroid dienone is 2. The Kier molecular flexibility index (Phi) is 5.20. The van der Waals surface area contributed by atoms with Gasteiger partial charge in [0.05, 0.1) is 5.69 Å². The zero-order valence-electron chi connectivity index (χ0n) is 15.7. The Labute approximate surface area is 155 Å². The number of anilines is 1. The molecule has 1 atom stereocenters. The predicted molar refractivity (Wildman–Crippen MR) is 102 cm³/mol. The maximum Gasteiger partial charge on any atom is 0.273 e. The first-order valence-corrected chi connectivity index (χ1v) is 9.98. The van der Waals surface area contributed by atoms with E-state index in [1.165, 1.54) is 19.3 Å². The molecule has 6 heteroatoms. The Balaban J connectivity index is 1.57. The third-order valence-electron chi connectivity index (χ3n) is 5.85. The van der Waals surface area contributed by atoms with Gasteiger partial charge in [0.25, 0.3) is 5.91 Å². The smallest absolute Gasteiger partial charge is 0.273 e. The van der Waals surface area contributed by atoms with Gasteiger partial charge in [0, 0.05) is 51.8 Å². The van der Waals surface area contributed by atoms with Crippen LogP contribution in [-0.4, -0.2) is 58.9 Å². The van der Waals surface area contributed by atoms with Crippen LogP contribution in [0.4, 0.5) is 5.95 Å². The van der Waals surface area contributed by atoms with Crippen molar-refractivity contribution in [2.75, 3.05) is 38.5 Å². The Bertz CT molecular complexity index is 696. The van der Waals surface area contributed by atoms with E-state index in [4.69, 9.17) is 0 Å². The number of rotatable bonds is 4. The van der Waals surface area contributed by atoms with Crippen LogP contribution >= 0.6 is 0 Å². The van der Waals surface area contributed by atoms with E-state index in [2.05, 4.69) is 32.3 Å². The molecule has 140 valence electrons. The van der Waals surface area contributed by atoms with Crippen molar-refractivity contribution in [1.29, 1.82) is 0 Å². The Hall–Kier alpha value is -1.95. The molecule has 0 radical (unpaired) electrons. The van der Waals surface area contributed by atoms with Crippen LogP contribution in [0.3, 0.4) is 0 Å². The summed E-state index contributed by atoms with van der Waals surface area (Å²) in [6, 6.07) is 0. The van der Waals surface area contributed by atoms with E-state index in [9.17, 15) is 4.79 Å². The van der Waals surface area contributed by atoms with E-state index in [1.54, 1.807) is 0 Å². The fourth-order valence-electron chi connectivity index (χ4n) is 4.37. The van der Waals surface area contributed by atoms with Crippen molar-refractivity contribution in [1.82, 2.24) is 19.8 Å². The quantitative estimate of drug-likeness (QED) is 0.841. The van der Waals surface area contributed by atoms with Crippen molar-refractivity contribution in [3.63, 3.8) is 0 Å². The molecule has 1 saturated heterocycles. The first-order chi connectivity index (χ1) is 12.7. The van der Waals surface area contributed by atoms with Gasteiger partial charge in [-0.15, -0.1) is 0 Å². The molecule has 4 rings (SSSR count). The average Bonchev–Trinajstić information content (AvgIpc) is 3.22. The van der Waals surface area contributed by atoms with Crippen LogP contribution in [0.5, 0.6) is 0 Å². The van der Waals surface area contributed by atoms with Gasteiger partial charge >= 0.3 is 0 Å². The molecular formula is C20H29N5O. The standard InChI is InChI=1S/C20H29N5O/c1-21-20-22-17-9-12-24(13-15-7-3-2-4-8-15)14-16(17)18(23-20)19(26)25-10-5-6-11-25/h2-3,15H,4-14H2,1H3,(H,21,22,23)/t15-/m0/s1. The first kappa shape index (κ1) is 17.5. The summed E-state index contributed by atoms with van der Waals surface area (Å²) in [5.74, 6) is 1.38. The van der Waals surface area contributed by atoms with E-state index >= 15 is 0 Å². The van der Waals surface area contributed by atoms with Crippen LogP contribution < -0.4 is 5.32 Å². The van der Waals surface area contributed by atoms with Gasteiger partial charge in [-0.1, -0.05) is 12.2 Å². The average molecular weight is 355 g/mol. The summed E-state index contributed by atoms with van der Waals surface area (Å²) < 4.78 is 0. The van der Waals surface area contributed by atoms with Gasteiger partial charge in [-0.05, 0) is 38.0 Å². The molecule has 3 heterocycles. The molecule has 0 saturated carbocycles. The minimum Gasteiger partial charge on any atom is -0.357 e. The lowest BCUT2D eigenvalue weighted by Crippen LogP contribution is -2.38. The van der Waals surface area contributed by atoms with Crippen molar-refractivity contribution in [2.24, 2.45) is 5.92 Å². The van der Waals surface area contributed by atoms with Gasteiger partial charge in [0.15, 0.2) is 0 Å². The normalized spacial score (nSPS) is 23.1. The van der Waals surface area contributed by atoms with E-state index in [0.29, 0.717) is 11.6 Å². The summed E-state index contributed by atoms with van der Waals surface area (Å²) in [5.41, 5.74) is 2.72. The largest absolute Gasteiger partial charge is 0.357 e. The third kappa shape index (κ3) is 3.61. The van der Waals surface area contributed by atoms with Crippen LogP contribution in [-0.2, 0) is 13.0 Å². The highest BCUT2D eigenvalue weighted by Crippen LogP contribution is 2.26. The van der Waals surface area contributed by atoms with Crippen LogP contribution in [0.15, 0.2) is 12.2 Å². The predicted octanol–water partition coefficient (Wildman–Crippen LogP) is 2.47. The minimum absolute atomic E-state index is 0.0834. The molecule has 3 aliphatic rings. The number of carbonyl (C=O) groups excluding carboxylic acids is 1. The van der Waals surface area contributed by atoms with E-state index in [1.807, 2.05) is 11.9 Å². The fourth-order valence-corrected chi connectivity index (χ4v) is 4.37. The zero-order chi connectivity index (χ0) is 17.9. The molecule has 2 aliphatic heterocycles. The number of nitrogens with zero attached hydrogens (tertiary/aromatic N) is 4. The summed E-state index contributed by atoms with van der Waals surface area (Å²) in [5, 5.41) is 3.03. The Morgan fingerprint density at radius 2 is 2.08 bits per heavy atom. The lowest BCUT2D eigenvalue weighted by Gasteiger charge is -2.33. The Morgan fingerprint density at radius 3 is 2.81 bits per heavy atom. The third-order valence-corrected chi connectivity index (χ3v) is 5.85. The van der Waals surface area contributed by atoms with Crippen LogP contribution in [0.1, 0.15) is 53.8 Å². The number of hydrogen-bond acceptors (Lipinski definition) is 5. The van der Waals surface area contributed by atoms with Crippen molar-refractivity contribution in [3.8, 4) is 0 Å². The molecular weight excluding hydrogens is 326 g/mol. The maximum absolute atomic E-state index is 13.1. The lowest BCUT2D eigenvalue weighted by molar-refractivity contribution is 0.0783. The summed E-state index contributed by atoms with van der Waals surface area (Å²) in [6.45, 7) is 4.63. The van der Waals surface area contributed by atoms with Gasteiger partial charge in [-0.2, -0.15) is 0 Å².